The molecule has 1 aliphatic rings. The van der Waals surface area contributed by atoms with Gasteiger partial charge >= 0.3 is 0 Å². The minimum atomic E-state index is -2.20. The van der Waals surface area contributed by atoms with Crippen molar-refractivity contribution in [2.75, 3.05) is 11.9 Å². The van der Waals surface area contributed by atoms with E-state index in [0.717, 1.165) is 0 Å². The van der Waals surface area contributed by atoms with E-state index in [-0.39, 0.29) is 17.4 Å². The van der Waals surface area contributed by atoms with E-state index in [1.165, 1.54) is 37.2 Å². The molecule has 0 saturated carbocycles. The quantitative estimate of drug-likeness (QED) is 0.329. The average molecular weight is 366 g/mol. The molecule has 140 valence electrons. The summed E-state index contributed by atoms with van der Waals surface area (Å²) in [4.78, 5) is 19.6. The van der Waals surface area contributed by atoms with Crippen molar-refractivity contribution >= 4 is 29.0 Å². The smallest absolute Gasteiger partial charge is 0.222 e. The van der Waals surface area contributed by atoms with Crippen LogP contribution in [0.3, 0.4) is 0 Å². The zero-order valence-corrected chi connectivity index (χ0v) is 14.1. The van der Waals surface area contributed by atoms with Gasteiger partial charge in [0.05, 0.1) is 18.2 Å². The number of hydrazone groups is 1. The first-order valence-corrected chi connectivity index (χ1v) is 7.81. The number of fused-ring (bicyclic) bond motifs is 1. The standard InChI is InChI=1S/C15H19FN6O4/c1-7(24)21-12-10-8(3-20-17)4-22(13(10)19-6-18-12)14-15(2,16)11(25)9(5-23)26-14/h3-4,6,9,11,14,23,25H,5,17H2,1-2H3,(H,18,19,21,24)/b20-3+/t9-,11-,14-,15-/m1/s1. The second-order valence-corrected chi connectivity index (χ2v) is 6.18. The molecule has 0 radical (unpaired) electrons. The minimum absolute atomic E-state index is 0.203. The zero-order valence-electron chi connectivity index (χ0n) is 14.1. The highest BCUT2D eigenvalue weighted by atomic mass is 19.1. The Morgan fingerprint density at radius 1 is 1.62 bits per heavy atom. The first-order chi connectivity index (χ1) is 12.3. The number of nitrogens with zero attached hydrogens (tertiary/aromatic N) is 4. The summed E-state index contributed by atoms with van der Waals surface area (Å²) in [6, 6.07) is 0. The fourth-order valence-electron chi connectivity index (χ4n) is 3.09. The van der Waals surface area contributed by atoms with Crippen molar-refractivity contribution in [3.63, 3.8) is 0 Å². The van der Waals surface area contributed by atoms with Crippen LogP contribution in [0.4, 0.5) is 10.2 Å². The summed E-state index contributed by atoms with van der Waals surface area (Å²) >= 11 is 0. The van der Waals surface area contributed by atoms with Crippen LogP contribution in [0.2, 0.25) is 0 Å². The van der Waals surface area contributed by atoms with Crippen LogP contribution >= 0.6 is 0 Å². The number of halogens is 1. The van der Waals surface area contributed by atoms with E-state index in [2.05, 4.69) is 20.4 Å². The summed E-state index contributed by atoms with van der Waals surface area (Å²) in [6.07, 6.45) is 0.109. The number of carbonyl (C=O) groups excluding carboxylic acids is 1. The molecule has 3 heterocycles. The van der Waals surface area contributed by atoms with Crippen molar-refractivity contribution in [3.05, 3.63) is 18.1 Å². The number of nitrogens with two attached hydrogens (primary N) is 1. The third-order valence-electron chi connectivity index (χ3n) is 4.30. The van der Waals surface area contributed by atoms with Crippen LogP contribution in [0.5, 0.6) is 0 Å². The maximum Gasteiger partial charge on any atom is 0.222 e. The molecule has 11 heteroatoms. The van der Waals surface area contributed by atoms with Crippen molar-refractivity contribution in [3.8, 4) is 0 Å². The number of hydrogen-bond acceptors (Lipinski definition) is 8. The van der Waals surface area contributed by atoms with Gasteiger partial charge in [-0.2, -0.15) is 5.10 Å². The van der Waals surface area contributed by atoms with Gasteiger partial charge in [-0.15, -0.1) is 0 Å². The van der Waals surface area contributed by atoms with E-state index < -0.39 is 30.7 Å². The third kappa shape index (κ3) is 2.79. The maximum absolute atomic E-state index is 15.1. The second kappa shape index (κ2) is 6.59. The van der Waals surface area contributed by atoms with Crippen LogP contribution in [0.25, 0.3) is 11.0 Å². The molecule has 0 unspecified atom stereocenters. The molecule has 26 heavy (non-hydrogen) atoms. The number of amides is 1. The van der Waals surface area contributed by atoms with Gasteiger partial charge in [0.15, 0.2) is 11.9 Å². The second-order valence-electron chi connectivity index (χ2n) is 6.18. The van der Waals surface area contributed by atoms with Gasteiger partial charge in [0.25, 0.3) is 0 Å². The molecule has 0 aliphatic carbocycles. The Bertz CT molecular complexity index is 867. The summed E-state index contributed by atoms with van der Waals surface area (Å²) in [5, 5.41) is 25.8. The highest BCUT2D eigenvalue weighted by molar-refractivity contribution is 6.06. The molecule has 1 aliphatic heterocycles. The van der Waals surface area contributed by atoms with Crippen molar-refractivity contribution < 1.29 is 24.1 Å². The Kier molecular flexibility index (Phi) is 4.61. The van der Waals surface area contributed by atoms with Gasteiger partial charge in [-0.25, -0.2) is 14.4 Å². The molecule has 1 amide bonds. The average Bonchev–Trinajstić information content (AvgIpc) is 3.04. The molecule has 0 aromatic carbocycles. The molecule has 2 aromatic heterocycles. The lowest BCUT2D eigenvalue weighted by atomic mass is 9.98. The first-order valence-electron chi connectivity index (χ1n) is 7.81. The van der Waals surface area contributed by atoms with Gasteiger partial charge in [0.1, 0.15) is 30.0 Å². The molecule has 10 nitrogen and oxygen atoms in total. The molecule has 2 aromatic rings. The summed E-state index contributed by atoms with van der Waals surface area (Å²) in [7, 11) is 0. The van der Waals surface area contributed by atoms with E-state index in [9.17, 15) is 15.0 Å². The Hall–Kier alpha value is -2.63. The number of ether oxygens (including phenoxy) is 1. The fraction of sp³-hybridized carbons (Fsp3) is 0.467. The van der Waals surface area contributed by atoms with Crippen LogP contribution in [0, 0.1) is 0 Å². The van der Waals surface area contributed by atoms with E-state index in [4.69, 9.17) is 10.6 Å². The highest BCUT2D eigenvalue weighted by Gasteiger charge is 2.55. The number of hydrogen-bond donors (Lipinski definition) is 4. The zero-order chi connectivity index (χ0) is 19.1. The summed E-state index contributed by atoms with van der Waals surface area (Å²) in [5.41, 5.74) is -1.53. The van der Waals surface area contributed by atoms with E-state index in [1.807, 2.05) is 0 Å². The lowest BCUT2D eigenvalue weighted by molar-refractivity contribution is -0.114. The Morgan fingerprint density at radius 2 is 2.35 bits per heavy atom. The topological polar surface area (TPSA) is 148 Å². The number of anilines is 1. The SMILES string of the molecule is CC(=O)Nc1ncnc2c1c(/C=N/N)cn2[C@@H]1O[C@H](CO)[C@@H](O)[C@@]1(C)F. The summed E-state index contributed by atoms with van der Waals surface area (Å²) in [5.74, 6) is 5.09. The van der Waals surface area contributed by atoms with E-state index >= 15 is 4.39 Å². The van der Waals surface area contributed by atoms with Crippen LogP contribution in [-0.4, -0.2) is 61.4 Å². The van der Waals surface area contributed by atoms with Gasteiger partial charge in [-0.3, -0.25) is 4.79 Å². The molecule has 4 atom stereocenters. The molecule has 0 bridgehead atoms. The Labute approximate surface area is 147 Å². The van der Waals surface area contributed by atoms with Crippen LogP contribution in [0.15, 0.2) is 17.6 Å². The van der Waals surface area contributed by atoms with Crippen LogP contribution < -0.4 is 11.2 Å². The highest BCUT2D eigenvalue weighted by Crippen LogP contribution is 2.43. The predicted molar refractivity (Wildman–Crippen MR) is 90.1 cm³/mol. The molecule has 1 fully saturated rings. The number of nitrogens with one attached hydrogen (secondary N) is 1. The number of aliphatic hydroxyl groups is 2. The predicted octanol–water partition coefficient (Wildman–Crippen LogP) is -0.339. The number of aliphatic hydroxyl groups excluding tert-OH is 2. The van der Waals surface area contributed by atoms with E-state index in [0.29, 0.717) is 10.9 Å². The van der Waals surface area contributed by atoms with Gasteiger partial charge in [0.2, 0.25) is 5.91 Å². The van der Waals surface area contributed by atoms with Crippen LogP contribution in [0.1, 0.15) is 25.6 Å². The van der Waals surface area contributed by atoms with Crippen molar-refractivity contribution in [1.82, 2.24) is 14.5 Å². The van der Waals surface area contributed by atoms with Crippen molar-refractivity contribution in [2.45, 2.75) is 38.0 Å². The first kappa shape index (κ1) is 18.2. The monoisotopic (exact) mass is 366 g/mol. The Balaban J connectivity index is 2.20. The number of aromatic nitrogens is 3. The lowest BCUT2D eigenvalue weighted by Gasteiger charge is -2.25. The van der Waals surface area contributed by atoms with Crippen LogP contribution in [-0.2, 0) is 9.53 Å². The number of alkyl halides is 1. The van der Waals surface area contributed by atoms with Crippen molar-refractivity contribution in [2.24, 2.45) is 10.9 Å². The largest absolute Gasteiger partial charge is 0.394 e. The van der Waals surface area contributed by atoms with E-state index in [1.54, 1.807) is 0 Å². The molecule has 3 rings (SSSR count). The van der Waals surface area contributed by atoms with Crippen molar-refractivity contribution in [1.29, 1.82) is 0 Å². The maximum atomic E-state index is 15.1. The molecular formula is C15H19FN6O4. The normalized spacial score (nSPS) is 28.9. The lowest BCUT2D eigenvalue weighted by Crippen LogP contribution is -2.40. The van der Waals surface area contributed by atoms with Gasteiger partial charge in [0, 0.05) is 18.7 Å². The Morgan fingerprint density at radius 3 is 2.92 bits per heavy atom. The fourth-order valence-corrected chi connectivity index (χ4v) is 3.09. The molecule has 1 saturated heterocycles. The molecule has 0 spiro atoms. The summed E-state index contributed by atoms with van der Waals surface area (Å²) < 4.78 is 22.0. The molecule has 5 N–H and O–H groups in total. The minimum Gasteiger partial charge on any atom is -0.394 e. The number of carbonyl (C=O) groups is 1. The summed E-state index contributed by atoms with van der Waals surface area (Å²) in [6.45, 7) is 1.96. The van der Waals surface area contributed by atoms with Gasteiger partial charge in [-0.1, -0.05) is 0 Å². The molecular weight excluding hydrogens is 347 g/mol. The van der Waals surface area contributed by atoms with Gasteiger partial charge < -0.3 is 30.7 Å². The third-order valence-corrected chi connectivity index (χ3v) is 4.30. The number of rotatable bonds is 4. The van der Waals surface area contributed by atoms with Gasteiger partial charge in [-0.05, 0) is 6.92 Å².